The molecule has 0 N–H and O–H groups in total. The minimum atomic E-state index is 0.228. The molecule has 1 aromatic rings. The summed E-state index contributed by atoms with van der Waals surface area (Å²) in [4.78, 5) is 19.4. The van der Waals surface area contributed by atoms with Crippen molar-refractivity contribution in [1.82, 2.24) is 4.90 Å². The van der Waals surface area contributed by atoms with Crippen molar-refractivity contribution in [2.45, 2.75) is 39.0 Å². The Hall–Kier alpha value is -1.29. The van der Waals surface area contributed by atoms with Gasteiger partial charge in [0.15, 0.2) is 5.17 Å². The molecule has 112 valence electrons. The molecule has 0 atom stereocenters. The van der Waals surface area contributed by atoms with Crippen LogP contribution in [0.25, 0.3) is 0 Å². The van der Waals surface area contributed by atoms with Crippen LogP contribution in [0.15, 0.2) is 29.3 Å². The van der Waals surface area contributed by atoms with Crippen LogP contribution < -0.4 is 0 Å². The molecule has 1 aliphatic heterocycles. The van der Waals surface area contributed by atoms with Gasteiger partial charge in [-0.2, -0.15) is 0 Å². The first-order valence-corrected chi connectivity index (χ1v) is 8.83. The molecular weight excluding hydrogens is 280 g/mol. The molecule has 0 aromatic heterocycles. The van der Waals surface area contributed by atoms with Crippen molar-refractivity contribution < 1.29 is 4.79 Å². The Balaban J connectivity index is 1.84. The van der Waals surface area contributed by atoms with E-state index in [1.807, 2.05) is 23.1 Å². The molecule has 0 unspecified atom stereocenters. The molecule has 1 aromatic carbocycles. The standard InChI is InChI=1S/C17H22N2OS/c1-13-7-2-5-10-15(13)18-17-19(11-6-12-21-17)16(20)14-8-3-4-9-14/h2,5,7,10,14H,3-4,6,8-9,11-12H2,1H3. The number of para-hydroxylation sites is 1. The number of carbonyl (C=O) groups is 1. The summed E-state index contributed by atoms with van der Waals surface area (Å²) in [6, 6.07) is 8.11. The summed E-state index contributed by atoms with van der Waals surface area (Å²) in [6.07, 6.45) is 5.56. The fourth-order valence-electron chi connectivity index (χ4n) is 3.04. The Kier molecular flexibility index (Phi) is 4.63. The number of benzene rings is 1. The van der Waals surface area contributed by atoms with Gasteiger partial charge in [0.05, 0.1) is 5.69 Å². The van der Waals surface area contributed by atoms with Crippen LogP contribution in [-0.2, 0) is 4.79 Å². The van der Waals surface area contributed by atoms with Gasteiger partial charge in [0.25, 0.3) is 0 Å². The van der Waals surface area contributed by atoms with Crippen molar-refractivity contribution in [1.29, 1.82) is 0 Å². The molecule has 0 spiro atoms. The van der Waals surface area contributed by atoms with E-state index < -0.39 is 0 Å². The van der Waals surface area contributed by atoms with E-state index >= 15 is 0 Å². The largest absolute Gasteiger partial charge is 0.291 e. The number of aryl methyl sites for hydroxylation is 1. The molecule has 4 heteroatoms. The van der Waals surface area contributed by atoms with Gasteiger partial charge in [0, 0.05) is 18.2 Å². The summed E-state index contributed by atoms with van der Waals surface area (Å²) >= 11 is 1.72. The Labute approximate surface area is 130 Å². The molecular formula is C17H22N2OS. The van der Waals surface area contributed by atoms with Crippen LogP contribution in [0.4, 0.5) is 5.69 Å². The SMILES string of the molecule is Cc1ccccc1N=C1SCCCN1C(=O)C1CCCC1. The molecule has 3 rings (SSSR count). The number of aliphatic imine (C=N–C) groups is 1. The summed E-state index contributed by atoms with van der Waals surface area (Å²) in [5, 5.41) is 0.896. The van der Waals surface area contributed by atoms with Gasteiger partial charge >= 0.3 is 0 Å². The molecule has 21 heavy (non-hydrogen) atoms. The van der Waals surface area contributed by atoms with Crippen molar-refractivity contribution in [2.24, 2.45) is 10.9 Å². The number of carbonyl (C=O) groups excluding carboxylic acids is 1. The van der Waals surface area contributed by atoms with Gasteiger partial charge in [0.2, 0.25) is 5.91 Å². The van der Waals surface area contributed by atoms with Gasteiger partial charge < -0.3 is 0 Å². The molecule has 1 aliphatic carbocycles. The van der Waals surface area contributed by atoms with E-state index in [0.717, 1.165) is 48.0 Å². The third-order valence-corrected chi connectivity index (χ3v) is 5.35. The Morgan fingerprint density at radius 3 is 2.76 bits per heavy atom. The average Bonchev–Trinajstić information content (AvgIpc) is 3.04. The molecule has 2 aliphatic rings. The summed E-state index contributed by atoms with van der Waals surface area (Å²) in [5.41, 5.74) is 2.13. The van der Waals surface area contributed by atoms with Crippen molar-refractivity contribution in [3.8, 4) is 0 Å². The number of hydrogen-bond acceptors (Lipinski definition) is 3. The molecule has 2 fully saturated rings. The predicted molar refractivity (Wildman–Crippen MR) is 89.0 cm³/mol. The van der Waals surface area contributed by atoms with Crippen LogP contribution in [0.5, 0.6) is 0 Å². The second-order valence-electron chi connectivity index (χ2n) is 5.85. The molecule has 1 heterocycles. The molecule has 0 bridgehead atoms. The summed E-state index contributed by atoms with van der Waals surface area (Å²) in [6.45, 7) is 2.89. The number of thioether (sulfide) groups is 1. The third-order valence-electron chi connectivity index (χ3n) is 4.29. The lowest BCUT2D eigenvalue weighted by molar-refractivity contribution is -0.131. The van der Waals surface area contributed by atoms with Gasteiger partial charge in [-0.3, -0.25) is 9.69 Å². The third kappa shape index (κ3) is 3.31. The quantitative estimate of drug-likeness (QED) is 0.822. The normalized spacial score (nSPS) is 22.0. The monoisotopic (exact) mass is 302 g/mol. The second kappa shape index (κ2) is 6.65. The van der Waals surface area contributed by atoms with Gasteiger partial charge in [0.1, 0.15) is 0 Å². The first-order valence-electron chi connectivity index (χ1n) is 7.84. The van der Waals surface area contributed by atoms with E-state index in [1.165, 1.54) is 12.8 Å². The highest BCUT2D eigenvalue weighted by molar-refractivity contribution is 8.13. The Morgan fingerprint density at radius 1 is 1.24 bits per heavy atom. The van der Waals surface area contributed by atoms with Crippen LogP contribution >= 0.6 is 11.8 Å². The highest BCUT2D eigenvalue weighted by Crippen LogP contribution is 2.30. The number of amides is 1. The van der Waals surface area contributed by atoms with E-state index in [1.54, 1.807) is 11.8 Å². The zero-order valence-electron chi connectivity index (χ0n) is 12.5. The highest BCUT2D eigenvalue weighted by Gasteiger charge is 2.31. The summed E-state index contributed by atoms with van der Waals surface area (Å²) in [7, 11) is 0. The molecule has 1 saturated heterocycles. The predicted octanol–water partition coefficient (Wildman–Crippen LogP) is 4.14. The van der Waals surface area contributed by atoms with Crippen LogP contribution in [0.1, 0.15) is 37.7 Å². The zero-order chi connectivity index (χ0) is 14.7. The number of nitrogens with zero attached hydrogens (tertiary/aromatic N) is 2. The topological polar surface area (TPSA) is 32.7 Å². The Morgan fingerprint density at radius 2 is 2.00 bits per heavy atom. The first kappa shape index (κ1) is 14.6. The smallest absolute Gasteiger partial charge is 0.231 e. The fraction of sp³-hybridized carbons (Fsp3) is 0.529. The summed E-state index contributed by atoms with van der Waals surface area (Å²) in [5.74, 6) is 1.58. The van der Waals surface area contributed by atoms with Crippen LogP contribution in [0.3, 0.4) is 0 Å². The van der Waals surface area contributed by atoms with Crippen molar-refractivity contribution in [3.05, 3.63) is 29.8 Å². The molecule has 3 nitrogen and oxygen atoms in total. The lowest BCUT2D eigenvalue weighted by Crippen LogP contribution is -2.42. The Bertz CT molecular complexity index is 549. The fourth-order valence-corrected chi connectivity index (χ4v) is 4.00. The maximum atomic E-state index is 12.7. The highest BCUT2D eigenvalue weighted by atomic mass is 32.2. The lowest BCUT2D eigenvalue weighted by Gasteiger charge is -2.30. The van der Waals surface area contributed by atoms with E-state index in [4.69, 9.17) is 4.99 Å². The lowest BCUT2D eigenvalue weighted by atomic mass is 10.1. The van der Waals surface area contributed by atoms with E-state index in [9.17, 15) is 4.79 Å². The van der Waals surface area contributed by atoms with Gasteiger partial charge in [-0.05, 0) is 37.8 Å². The minimum absolute atomic E-state index is 0.228. The molecule has 1 amide bonds. The van der Waals surface area contributed by atoms with Gasteiger partial charge in [-0.25, -0.2) is 4.99 Å². The van der Waals surface area contributed by atoms with Crippen LogP contribution in [0.2, 0.25) is 0 Å². The van der Waals surface area contributed by atoms with Gasteiger partial charge in [-0.15, -0.1) is 0 Å². The summed E-state index contributed by atoms with van der Waals surface area (Å²) < 4.78 is 0. The molecule has 0 radical (unpaired) electrons. The second-order valence-corrected chi connectivity index (χ2v) is 6.92. The van der Waals surface area contributed by atoms with Crippen LogP contribution in [-0.4, -0.2) is 28.3 Å². The van der Waals surface area contributed by atoms with E-state index in [0.29, 0.717) is 5.91 Å². The number of rotatable bonds is 2. The minimum Gasteiger partial charge on any atom is -0.291 e. The zero-order valence-corrected chi connectivity index (χ0v) is 13.4. The van der Waals surface area contributed by atoms with Crippen molar-refractivity contribution in [2.75, 3.05) is 12.3 Å². The number of hydrogen-bond donors (Lipinski definition) is 0. The average molecular weight is 302 g/mol. The van der Waals surface area contributed by atoms with Crippen molar-refractivity contribution in [3.63, 3.8) is 0 Å². The van der Waals surface area contributed by atoms with Crippen LogP contribution in [0, 0.1) is 12.8 Å². The van der Waals surface area contributed by atoms with E-state index in [-0.39, 0.29) is 5.92 Å². The van der Waals surface area contributed by atoms with E-state index in [2.05, 4.69) is 13.0 Å². The maximum Gasteiger partial charge on any atom is 0.231 e. The first-order chi connectivity index (χ1) is 10.3. The maximum absolute atomic E-state index is 12.7. The molecule has 1 saturated carbocycles. The number of amidine groups is 1. The van der Waals surface area contributed by atoms with Crippen molar-refractivity contribution >= 4 is 28.5 Å². The van der Waals surface area contributed by atoms with Gasteiger partial charge in [-0.1, -0.05) is 42.8 Å².